The third kappa shape index (κ3) is 3.62. The lowest BCUT2D eigenvalue weighted by atomic mass is 10.2. The van der Waals surface area contributed by atoms with E-state index in [-0.39, 0.29) is 12.3 Å². The topological polar surface area (TPSA) is 100 Å². The molecular formula is C18H21N5O4. The average molecular weight is 371 g/mol. The second-order valence-electron chi connectivity index (χ2n) is 6.20. The first-order valence-electron chi connectivity index (χ1n) is 8.47. The van der Waals surface area contributed by atoms with Gasteiger partial charge < -0.3 is 14.6 Å². The molecule has 0 saturated carbocycles. The number of fused-ring (bicyclic) bond motifs is 1. The van der Waals surface area contributed by atoms with Crippen LogP contribution in [-0.4, -0.2) is 31.7 Å². The average Bonchev–Trinajstić information content (AvgIpc) is 3.09. The van der Waals surface area contributed by atoms with Crippen molar-refractivity contribution in [2.75, 3.05) is 12.4 Å². The summed E-state index contributed by atoms with van der Waals surface area (Å²) in [6.45, 7) is 0.440. The van der Waals surface area contributed by atoms with Gasteiger partial charge in [-0.05, 0) is 18.6 Å². The highest BCUT2D eigenvalue weighted by Crippen LogP contribution is 2.17. The number of carbonyl (C=O) groups is 1. The first kappa shape index (κ1) is 18.4. The van der Waals surface area contributed by atoms with Crippen molar-refractivity contribution in [2.45, 2.75) is 19.4 Å². The highest BCUT2D eigenvalue weighted by molar-refractivity contribution is 5.90. The van der Waals surface area contributed by atoms with E-state index >= 15 is 0 Å². The summed E-state index contributed by atoms with van der Waals surface area (Å²) in [4.78, 5) is 40.6. The van der Waals surface area contributed by atoms with Gasteiger partial charge in [0.05, 0.1) is 13.4 Å². The van der Waals surface area contributed by atoms with Gasteiger partial charge in [-0.1, -0.05) is 6.07 Å². The fraction of sp³-hybridized carbons (Fsp3) is 0.333. The lowest BCUT2D eigenvalue weighted by Gasteiger charge is -2.08. The van der Waals surface area contributed by atoms with Gasteiger partial charge in [-0.25, -0.2) is 9.78 Å². The van der Waals surface area contributed by atoms with Crippen LogP contribution in [0.3, 0.4) is 0 Å². The van der Waals surface area contributed by atoms with Crippen molar-refractivity contribution in [3.05, 3.63) is 51.4 Å². The normalized spacial score (nSPS) is 10.9. The van der Waals surface area contributed by atoms with Gasteiger partial charge in [0.15, 0.2) is 11.2 Å². The van der Waals surface area contributed by atoms with Crippen LogP contribution in [0.1, 0.15) is 12.8 Å². The molecular weight excluding hydrogens is 350 g/mol. The number of ether oxygens (including phenoxy) is 1. The standard InChI is InChI=1S/C18H21N5O4/c1-21-16-15(17(25)22(2)18(21)26)23(11-19-16)9-5-8-14(24)20-12-6-4-7-13(10-12)27-3/h4,6-7,10-11H,5,8-9H2,1-3H3,(H,20,24). The maximum absolute atomic E-state index is 12.4. The van der Waals surface area contributed by atoms with E-state index < -0.39 is 11.2 Å². The Morgan fingerprint density at radius 2 is 2.00 bits per heavy atom. The van der Waals surface area contributed by atoms with E-state index in [9.17, 15) is 14.4 Å². The molecule has 0 unspecified atom stereocenters. The van der Waals surface area contributed by atoms with E-state index in [0.29, 0.717) is 35.6 Å². The van der Waals surface area contributed by atoms with Gasteiger partial charge >= 0.3 is 5.69 Å². The molecule has 0 aliphatic rings. The van der Waals surface area contributed by atoms with Crippen molar-refractivity contribution < 1.29 is 9.53 Å². The molecule has 0 aliphatic heterocycles. The van der Waals surface area contributed by atoms with E-state index in [2.05, 4.69) is 10.3 Å². The van der Waals surface area contributed by atoms with Crippen molar-refractivity contribution in [1.29, 1.82) is 0 Å². The SMILES string of the molecule is COc1cccc(NC(=O)CCCn2cnc3c2c(=O)n(C)c(=O)n3C)c1. The van der Waals surface area contributed by atoms with Crippen LogP contribution >= 0.6 is 0 Å². The minimum absolute atomic E-state index is 0.132. The molecule has 0 bridgehead atoms. The van der Waals surface area contributed by atoms with Gasteiger partial charge in [-0.15, -0.1) is 0 Å². The van der Waals surface area contributed by atoms with Gasteiger partial charge in [0, 0.05) is 38.8 Å². The molecule has 3 aromatic rings. The number of benzene rings is 1. The van der Waals surface area contributed by atoms with Crippen LogP contribution in [-0.2, 0) is 25.4 Å². The lowest BCUT2D eigenvalue weighted by Crippen LogP contribution is -2.37. The van der Waals surface area contributed by atoms with E-state index in [1.54, 1.807) is 43.0 Å². The Balaban J connectivity index is 1.68. The summed E-state index contributed by atoms with van der Waals surface area (Å²) in [5, 5.41) is 2.82. The number of hydrogen-bond donors (Lipinski definition) is 1. The Labute approximate surface area is 154 Å². The number of nitrogens with one attached hydrogen (secondary N) is 1. The van der Waals surface area contributed by atoms with Gasteiger partial charge in [-0.3, -0.25) is 18.7 Å². The number of rotatable bonds is 6. The van der Waals surface area contributed by atoms with Gasteiger partial charge in [0.1, 0.15) is 5.75 Å². The highest BCUT2D eigenvalue weighted by Gasteiger charge is 2.14. The van der Waals surface area contributed by atoms with Crippen LogP contribution in [0.25, 0.3) is 11.2 Å². The molecule has 9 heteroatoms. The molecule has 2 aromatic heterocycles. The largest absolute Gasteiger partial charge is 0.497 e. The molecule has 0 saturated heterocycles. The van der Waals surface area contributed by atoms with Crippen LogP contribution in [0.15, 0.2) is 40.2 Å². The molecule has 1 N–H and O–H groups in total. The van der Waals surface area contributed by atoms with E-state index in [1.807, 2.05) is 0 Å². The van der Waals surface area contributed by atoms with Crippen LogP contribution in [0.4, 0.5) is 5.69 Å². The Morgan fingerprint density at radius 1 is 1.22 bits per heavy atom. The van der Waals surface area contributed by atoms with E-state index in [1.165, 1.54) is 17.9 Å². The number of hydrogen-bond acceptors (Lipinski definition) is 5. The molecule has 9 nitrogen and oxygen atoms in total. The predicted molar refractivity (Wildman–Crippen MR) is 101 cm³/mol. The minimum Gasteiger partial charge on any atom is -0.497 e. The Bertz CT molecular complexity index is 1110. The molecule has 1 amide bonds. The molecule has 1 aromatic carbocycles. The van der Waals surface area contributed by atoms with Gasteiger partial charge in [0.2, 0.25) is 5.91 Å². The summed E-state index contributed by atoms with van der Waals surface area (Å²) < 4.78 is 9.19. The fourth-order valence-electron chi connectivity index (χ4n) is 2.90. The summed E-state index contributed by atoms with van der Waals surface area (Å²) in [5.74, 6) is 0.534. The number of amides is 1. The highest BCUT2D eigenvalue weighted by atomic mass is 16.5. The van der Waals surface area contributed by atoms with E-state index in [4.69, 9.17) is 4.74 Å². The Morgan fingerprint density at radius 3 is 2.74 bits per heavy atom. The Hall–Kier alpha value is -3.36. The molecule has 0 radical (unpaired) electrons. The van der Waals surface area contributed by atoms with Crippen LogP contribution in [0, 0.1) is 0 Å². The summed E-state index contributed by atoms with van der Waals surface area (Å²) in [5.41, 5.74) is 0.537. The molecule has 142 valence electrons. The molecule has 3 rings (SSSR count). The van der Waals surface area contributed by atoms with Crippen molar-refractivity contribution in [2.24, 2.45) is 14.1 Å². The van der Waals surface area contributed by atoms with Crippen molar-refractivity contribution >= 4 is 22.8 Å². The molecule has 0 aliphatic carbocycles. The van der Waals surface area contributed by atoms with Crippen LogP contribution < -0.4 is 21.3 Å². The zero-order chi connectivity index (χ0) is 19.6. The Kier molecular flexibility index (Phi) is 5.11. The molecule has 0 spiro atoms. The molecule has 0 atom stereocenters. The van der Waals surface area contributed by atoms with Crippen LogP contribution in [0.5, 0.6) is 5.75 Å². The number of aryl methyl sites for hydroxylation is 2. The summed E-state index contributed by atoms with van der Waals surface area (Å²) in [6.07, 6.45) is 2.32. The molecule has 2 heterocycles. The fourth-order valence-corrected chi connectivity index (χ4v) is 2.90. The van der Waals surface area contributed by atoms with Crippen LogP contribution in [0.2, 0.25) is 0 Å². The first-order valence-corrected chi connectivity index (χ1v) is 8.47. The summed E-state index contributed by atoms with van der Waals surface area (Å²) >= 11 is 0. The zero-order valence-electron chi connectivity index (χ0n) is 15.4. The first-order chi connectivity index (χ1) is 12.9. The maximum Gasteiger partial charge on any atom is 0.332 e. The number of nitrogens with zero attached hydrogens (tertiary/aromatic N) is 4. The quantitative estimate of drug-likeness (QED) is 0.693. The maximum atomic E-state index is 12.4. The van der Waals surface area contributed by atoms with E-state index in [0.717, 1.165) is 4.57 Å². The second kappa shape index (κ2) is 7.48. The van der Waals surface area contributed by atoms with Crippen molar-refractivity contribution in [3.63, 3.8) is 0 Å². The van der Waals surface area contributed by atoms with Crippen molar-refractivity contribution in [1.82, 2.24) is 18.7 Å². The smallest absolute Gasteiger partial charge is 0.332 e. The number of anilines is 1. The second-order valence-corrected chi connectivity index (χ2v) is 6.20. The number of methoxy groups -OCH3 is 1. The summed E-state index contributed by atoms with van der Waals surface area (Å²) in [6, 6.07) is 7.12. The number of carbonyl (C=O) groups excluding carboxylic acids is 1. The molecule has 27 heavy (non-hydrogen) atoms. The third-order valence-corrected chi connectivity index (χ3v) is 4.37. The predicted octanol–water partition coefficient (Wildman–Crippen LogP) is 0.861. The third-order valence-electron chi connectivity index (χ3n) is 4.37. The molecule has 0 fully saturated rings. The van der Waals surface area contributed by atoms with Gasteiger partial charge in [0.25, 0.3) is 5.56 Å². The lowest BCUT2D eigenvalue weighted by molar-refractivity contribution is -0.116. The zero-order valence-corrected chi connectivity index (χ0v) is 15.4. The monoisotopic (exact) mass is 371 g/mol. The number of aromatic nitrogens is 4. The van der Waals surface area contributed by atoms with Gasteiger partial charge in [-0.2, -0.15) is 0 Å². The minimum atomic E-state index is -0.421. The summed E-state index contributed by atoms with van der Waals surface area (Å²) in [7, 11) is 4.57. The van der Waals surface area contributed by atoms with Crippen molar-refractivity contribution in [3.8, 4) is 5.75 Å². The number of imidazole rings is 1.